The molecular weight excluding hydrogens is 218 g/mol. The number of aryl methyl sites for hydroxylation is 1. The van der Waals surface area contributed by atoms with Gasteiger partial charge in [0.05, 0.1) is 18.0 Å². The van der Waals surface area contributed by atoms with Crippen molar-refractivity contribution in [1.82, 2.24) is 20.2 Å². The molecule has 1 unspecified atom stereocenters. The van der Waals surface area contributed by atoms with Crippen LogP contribution in [0.25, 0.3) is 0 Å². The zero-order valence-electron chi connectivity index (χ0n) is 9.55. The summed E-state index contributed by atoms with van der Waals surface area (Å²) in [5, 5.41) is 12.1. The average Bonchev–Trinajstić information content (AvgIpc) is 2.39. The lowest BCUT2D eigenvalue weighted by Crippen LogP contribution is -2.53. The van der Waals surface area contributed by atoms with Gasteiger partial charge >= 0.3 is 0 Å². The highest BCUT2D eigenvalue weighted by atomic mass is 16.2. The number of hydrogen-bond acceptors (Lipinski definition) is 5. The molecule has 0 bridgehead atoms. The van der Waals surface area contributed by atoms with Crippen molar-refractivity contribution >= 4 is 5.91 Å². The zero-order valence-corrected chi connectivity index (χ0v) is 9.55. The minimum atomic E-state index is -0.431. The minimum Gasteiger partial charge on any atom is -0.319 e. The lowest BCUT2D eigenvalue weighted by molar-refractivity contribution is 0.0680. The summed E-state index contributed by atoms with van der Waals surface area (Å²) in [6, 6.07) is 1.68. The molecule has 2 heterocycles. The Morgan fingerprint density at radius 2 is 2.41 bits per heavy atom. The van der Waals surface area contributed by atoms with Crippen LogP contribution in [0.15, 0.2) is 12.4 Å². The van der Waals surface area contributed by atoms with Gasteiger partial charge in [-0.1, -0.05) is 0 Å². The third-order valence-electron chi connectivity index (χ3n) is 2.65. The zero-order chi connectivity index (χ0) is 12.3. The van der Waals surface area contributed by atoms with Gasteiger partial charge in [-0.25, -0.2) is 4.98 Å². The van der Waals surface area contributed by atoms with Gasteiger partial charge in [-0.05, 0) is 6.92 Å². The van der Waals surface area contributed by atoms with Crippen molar-refractivity contribution in [2.45, 2.75) is 13.0 Å². The number of amides is 1. The number of rotatable bonds is 1. The molecule has 1 saturated heterocycles. The molecule has 1 aliphatic rings. The Kier molecular flexibility index (Phi) is 3.30. The maximum Gasteiger partial charge on any atom is 0.275 e. The van der Waals surface area contributed by atoms with Crippen LogP contribution in [0, 0.1) is 18.3 Å². The number of nitriles is 1. The van der Waals surface area contributed by atoms with Crippen molar-refractivity contribution in [3.05, 3.63) is 23.8 Å². The molecule has 1 fully saturated rings. The molecule has 0 saturated carbocycles. The molecule has 17 heavy (non-hydrogen) atoms. The molecule has 6 heteroatoms. The number of carbonyl (C=O) groups is 1. The molecule has 1 aliphatic heterocycles. The molecule has 1 aromatic heterocycles. The van der Waals surface area contributed by atoms with Crippen LogP contribution in [0.2, 0.25) is 0 Å². The van der Waals surface area contributed by atoms with E-state index in [1.54, 1.807) is 6.20 Å². The minimum absolute atomic E-state index is 0.231. The summed E-state index contributed by atoms with van der Waals surface area (Å²) >= 11 is 0. The van der Waals surface area contributed by atoms with Gasteiger partial charge < -0.3 is 10.2 Å². The molecule has 0 spiro atoms. The number of hydrogen-bond donors (Lipinski definition) is 1. The first-order chi connectivity index (χ1) is 8.22. The van der Waals surface area contributed by atoms with E-state index >= 15 is 0 Å². The Labute approximate surface area is 99.3 Å². The van der Waals surface area contributed by atoms with Crippen molar-refractivity contribution in [1.29, 1.82) is 5.26 Å². The predicted octanol–water partition coefficient (Wildman–Crippen LogP) is -0.277. The Balaban J connectivity index is 2.18. The number of aromatic nitrogens is 2. The van der Waals surface area contributed by atoms with E-state index in [-0.39, 0.29) is 11.6 Å². The van der Waals surface area contributed by atoms with Crippen molar-refractivity contribution in [2.24, 2.45) is 0 Å². The Morgan fingerprint density at radius 1 is 1.59 bits per heavy atom. The van der Waals surface area contributed by atoms with Crippen LogP contribution >= 0.6 is 0 Å². The molecule has 0 aliphatic carbocycles. The molecule has 1 amide bonds. The second-order valence-electron chi connectivity index (χ2n) is 3.89. The first-order valence-electron chi connectivity index (χ1n) is 5.42. The highest BCUT2D eigenvalue weighted by Crippen LogP contribution is 2.07. The van der Waals surface area contributed by atoms with Crippen LogP contribution in [-0.2, 0) is 0 Å². The molecule has 1 atom stereocenters. The summed E-state index contributed by atoms with van der Waals surface area (Å²) in [6.07, 6.45) is 3.00. The SMILES string of the molecule is Cc1cnc(C(=O)N2CCNCC2C#N)cn1. The highest BCUT2D eigenvalue weighted by molar-refractivity contribution is 5.92. The Morgan fingerprint density at radius 3 is 3.06 bits per heavy atom. The van der Waals surface area contributed by atoms with E-state index in [1.807, 2.05) is 6.92 Å². The maximum atomic E-state index is 12.1. The number of carbonyl (C=O) groups excluding carboxylic acids is 1. The quantitative estimate of drug-likeness (QED) is 0.719. The smallest absolute Gasteiger partial charge is 0.275 e. The van der Waals surface area contributed by atoms with E-state index in [0.29, 0.717) is 19.6 Å². The first-order valence-corrected chi connectivity index (χ1v) is 5.42. The molecule has 0 radical (unpaired) electrons. The molecular formula is C11H13N5O. The topological polar surface area (TPSA) is 81.9 Å². The van der Waals surface area contributed by atoms with Gasteiger partial charge in [0.15, 0.2) is 0 Å². The molecule has 1 N–H and O–H groups in total. The fourth-order valence-corrected chi connectivity index (χ4v) is 1.71. The van der Waals surface area contributed by atoms with Gasteiger partial charge in [0.2, 0.25) is 0 Å². The first kappa shape index (κ1) is 11.5. The number of nitrogens with one attached hydrogen (secondary N) is 1. The van der Waals surface area contributed by atoms with E-state index in [4.69, 9.17) is 5.26 Å². The van der Waals surface area contributed by atoms with Crippen LogP contribution in [0.5, 0.6) is 0 Å². The van der Waals surface area contributed by atoms with E-state index in [0.717, 1.165) is 5.69 Å². The van der Waals surface area contributed by atoms with Gasteiger partial charge in [-0.15, -0.1) is 0 Å². The summed E-state index contributed by atoms with van der Waals surface area (Å²) in [5.74, 6) is -0.231. The van der Waals surface area contributed by atoms with Gasteiger partial charge in [-0.3, -0.25) is 9.78 Å². The lowest BCUT2D eigenvalue weighted by Gasteiger charge is -2.31. The standard InChI is InChI=1S/C11H13N5O/c1-8-5-15-10(7-14-8)11(17)16-3-2-13-6-9(16)4-12/h5,7,9,13H,2-3,6H2,1H3. The van der Waals surface area contributed by atoms with E-state index in [2.05, 4.69) is 21.4 Å². The fraction of sp³-hybridized carbons (Fsp3) is 0.455. The van der Waals surface area contributed by atoms with E-state index < -0.39 is 6.04 Å². The van der Waals surface area contributed by atoms with Gasteiger partial charge in [0.25, 0.3) is 5.91 Å². The molecule has 6 nitrogen and oxygen atoms in total. The third kappa shape index (κ3) is 2.40. The van der Waals surface area contributed by atoms with Crippen molar-refractivity contribution in [3.63, 3.8) is 0 Å². The van der Waals surface area contributed by atoms with Crippen LogP contribution in [0.1, 0.15) is 16.2 Å². The Bertz CT molecular complexity index is 450. The summed E-state index contributed by atoms with van der Waals surface area (Å²) < 4.78 is 0. The van der Waals surface area contributed by atoms with Crippen molar-refractivity contribution in [2.75, 3.05) is 19.6 Å². The van der Waals surface area contributed by atoms with Crippen LogP contribution in [0.4, 0.5) is 0 Å². The second kappa shape index (κ2) is 4.89. The summed E-state index contributed by atoms with van der Waals surface area (Å²) in [7, 11) is 0. The lowest BCUT2D eigenvalue weighted by atomic mass is 10.2. The summed E-state index contributed by atoms with van der Waals surface area (Å²) in [6.45, 7) is 3.53. The summed E-state index contributed by atoms with van der Waals surface area (Å²) in [5.41, 5.74) is 1.05. The van der Waals surface area contributed by atoms with Gasteiger partial charge in [-0.2, -0.15) is 5.26 Å². The molecule has 1 aromatic rings. The molecule has 2 rings (SSSR count). The monoisotopic (exact) mass is 231 g/mol. The largest absolute Gasteiger partial charge is 0.319 e. The molecule has 0 aromatic carbocycles. The van der Waals surface area contributed by atoms with Gasteiger partial charge in [0.1, 0.15) is 11.7 Å². The normalized spacial score (nSPS) is 19.8. The fourth-order valence-electron chi connectivity index (χ4n) is 1.71. The van der Waals surface area contributed by atoms with Gasteiger partial charge in [0, 0.05) is 25.8 Å². The van der Waals surface area contributed by atoms with Crippen molar-refractivity contribution in [3.8, 4) is 6.07 Å². The maximum absolute atomic E-state index is 12.1. The Hall–Kier alpha value is -2.00. The molecule has 88 valence electrons. The summed E-state index contributed by atoms with van der Waals surface area (Å²) in [4.78, 5) is 21.7. The van der Waals surface area contributed by atoms with Crippen LogP contribution in [-0.4, -0.2) is 46.5 Å². The highest BCUT2D eigenvalue weighted by Gasteiger charge is 2.27. The van der Waals surface area contributed by atoms with E-state index in [9.17, 15) is 4.79 Å². The van der Waals surface area contributed by atoms with Crippen LogP contribution in [0.3, 0.4) is 0 Å². The number of nitrogens with zero attached hydrogens (tertiary/aromatic N) is 4. The van der Waals surface area contributed by atoms with Crippen molar-refractivity contribution < 1.29 is 4.79 Å². The predicted molar refractivity (Wildman–Crippen MR) is 60.1 cm³/mol. The average molecular weight is 231 g/mol. The van der Waals surface area contributed by atoms with E-state index in [1.165, 1.54) is 11.1 Å². The van der Waals surface area contributed by atoms with Crippen LogP contribution < -0.4 is 5.32 Å². The second-order valence-corrected chi connectivity index (χ2v) is 3.89. The number of piperazine rings is 1. The third-order valence-corrected chi connectivity index (χ3v) is 2.65.